The number of benzene rings is 2. The Hall–Kier alpha value is -2.70. The third-order valence-corrected chi connectivity index (χ3v) is 5.85. The molecule has 1 heterocycles. The third-order valence-electron chi connectivity index (χ3n) is 5.44. The van der Waals surface area contributed by atoms with Crippen molar-refractivity contribution in [3.8, 4) is 5.69 Å². The minimum atomic E-state index is -0.458. The maximum atomic E-state index is 13.6. The minimum absolute atomic E-state index is 0.0266. The van der Waals surface area contributed by atoms with Crippen LogP contribution >= 0.6 is 11.6 Å². The Balaban J connectivity index is 2.30. The quantitative estimate of drug-likeness (QED) is 0.540. The smallest absolute Gasteiger partial charge is 0.266 e. The van der Waals surface area contributed by atoms with Crippen LogP contribution in [0.15, 0.2) is 47.3 Å². The van der Waals surface area contributed by atoms with E-state index in [4.69, 9.17) is 21.3 Å². The molecule has 31 heavy (non-hydrogen) atoms. The number of rotatable bonds is 7. The molecule has 6 nitrogen and oxygen atoms in total. The van der Waals surface area contributed by atoms with Crippen LogP contribution in [0.5, 0.6) is 0 Å². The van der Waals surface area contributed by atoms with Crippen LogP contribution < -0.4 is 5.56 Å². The maximum absolute atomic E-state index is 13.6. The topological polar surface area (TPSA) is 64.4 Å². The first-order valence-electron chi connectivity index (χ1n) is 10.3. The second-order valence-corrected chi connectivity index (χ2v) is 8.27. The summed E-state index contributed by atoms with van der Waals surface area (Å²) in [7, 11) is 1.60. The van der Waals surface area contributed by atoms with Crippen LogP contribution in [-0.2, 0) is 9.53 Å². The van der Waals surface area contributed by atoms with Gasteiger partial charge >= 0.3 is 0 Å². The normalized spacial score (nSPS) is 12.4. The number of methoxy groups -OCH3 is 1. The SMILES string of the molecule is COCCN(C(=O)C(C)C)C(C)c1nc2ccccc2c(=O)n1-c1cccc(Cl)c1C. The van der Waals surface area contributed by atoms with E-state index in [0.29, 0.717) is 40.6 Å². The fourth-order valence-corrected chi connectivity index (χ4v) is 3.83. The summed E-state index contributed by atoms with van der Waals surface area (Å²) in [6.07, 6.45) is 0. The lowest BCUT2D eigenvalue weighted by Crippen LogP contribution is -2.41. The van der Waals surface area contributed by atoms with Gasteiger partial charge in [0.1, 0.15) is 5.82 Å². The van der Waals surface area contributed by atoms with E-state index in [-0.39, 0.29) is 17.4 Å². The van der Waals surface area contributed by atoms with Crippen molar-refractivity contribution in [1.82, 2.24) is 14.5 Å². The number of fused-ring (bicyclic) bond motifs is 1. The van der Waals surface area contributed by atoms with Crippen LogP contribution in [0.3, 0.4) is 0 Å². The molecular formula is C24H28ClN3O3. The van der Waals surface area contributed by atoms with Crippen molar-refractivity contribution >= 4 is 28.4 Å². The van der Waals surface area contributed by atoms with Gasteiger partial charge in [0.05, 0.1) is 29.2 Å². The fraction of sp³-hybridized carbons (Fsp3) is 0.375. The number of hydrogen-bond donors (Lipinski definition) is 0. The zero-order valence-electron chi connectivity index (χ0n) is 18.6. The molecule has 1 atom stereocenters. The second kappa shape index (κ2) is 9.62. The van der Waals surface area contributed by atoms with Gasteiger partial charge in [-0.2, -0.15) is 0 Å². The summed E-state index contributed by atoms with van der Waals surface area (Å²) in [4.78, 5) is 33.2. The van der Waals surface area contributed by atoms with Crippen molar-refractivity contribution in [2.45, 2.75) is 33.7 Å². The van der Waals surface area contributed by atoms with E-state index in [1.165, 1.54) is 0 Å². The minimum Gasteiger partial charge on any atom is -0.383 e. The molecule has 0 aliphatic heterocycles. The molecule has 7 heteroatoms. The Kier molecular flexibility index (Phi) is 7.13. The van der Waals surface area contributed by atoms with Crippen LogP contribution in [0.1, 0.15) is 38.2 Å². The molecule has 0 aliphatic carbocycles. The van der Waals surface area contributed by atoms with Gasteiger partial charge in [0, 0.05) is 24.6 Å². The summed E-state index contributed by atoms with van der Waals surface area (Å²) < 4.78 is 6.82. The summed E-state index contributed by atoms with van der Waals surface area (Å²) in [5.41, 5.74) is 1.83. The van der Waals surface area contributed by atoms with Crippen LogP contribution in [0.25, 0.3) is 16.6 Å². The molecule has 0 saturated carbocycles. The van der Waals surface area contributed by atoms with Gasteiger partial charge in [0.2, 0.25) is 5.91 Å². The standard InChI is InChI=1S/C24H28ClN3O3/c1-15(2)23(29)27(13-14-31-5)17(4)22-26-20-11-7-6-9-18(20)24(30)28(22)21-12-8-10-19(25)16(21)3/h6-12,15,17H,13-14H2,1-5H3. The van der Waals surface area contributed by atoms with Crippen molar-refractivity contribution in [2.75, 3.05) is 20.3 Å². The van der Waals surface area contributed by atoms with Crippen LogP contribution in [0.4, 0.5) is 0 Å². The molecule has 0 spiro atoms. The summed E-state index contributed by atoms with van der Waals surface area (Å²) in [6.45, 7) is 8.26. The Bertz CT molecular complexity index is 1160. The summed E-state index contributed by atoms with van der Waals surface area (Å²) in [6, 6.07) is 12.2. The highest BCUT2D eigenvalue weighted by atomic mass is 35.5. The molecule has 0 N–H and O–H groups in total. The average Bonchev–Trinajstić information content (AvgIpc) is 2.76. The van der Waals surface area contributed by atoms with E-state index < -0.39 is 6.04 Å². The molecule has 0 radical (unpaired) electrons. The number of amides is 1. The lowest BCUT2D eigenvalue weighted by Gasteiger charge is -2.32. The first-order valence-corrected chi connectivity index (χ1v) is 10.7. The molecule has 0 aliphatic rings. The number of hydrogen-bond acceptors (Lipinski definition) is 4. The molecule has 1 aromatic heterocycles. The molecule has 0 bridgehead atoms. The molecular weight excluding hydrogens is 414 g/mol. The van der Waals surface area contributed by atoms with Gasteiger partial charge in [-0.3, -0.25) is 14.2 Å². The predicted molar refractivity (Wildman–Crippen MR) is 124 cm³/mol. The van der Waals surface area contributed by atoms with Crippen molar-refractivity contribution in [2.24, 2.45) is 5.92 Å². The molecule has 3 rings (SSSR count). The molecule has 0 saturated heterocycles. The number of carbonyl (C=O) groups excluding carboxylic acids is 1. The fourth-order valence-electron chi connectivity index (χ4n) is 3.66. The van der Waals surface area contributed by atoms with Gasteiger partial charge in [-0.25, -0.2) is 4.98 Å². The maximum Gasteiger partial charge on any atom is 0.266 e. The monoisotopic (exact) mass is 441 g/mol. The van der Waals surface area contributed by atoms with E-state index >= 15 is 0 Å². The van der Waals surface area contributed by atoms with E-state index in [9.17, 15) is 9.59 Å². The number of aromatic nitrogens is 2. The number of para-hydroxylation sites is 1. The zero-order chi connectivity index (χ0) is 22.7. The molecule has 164 valence electrons. The Labute approximate surface area is 187 Å². The number of nitrogens with zero attached hydrogens (tertiary/aromatic N) is 3. The van der Waals surface area contributed by atoms with Crippen LogP contribution in [0, 0.1) is 12.8 Å². The Morgan fingerprint density at radius 1 is 1.16 bits per heavy atom. The first-order chi connectivity index (χ1) is 14.8. The highest BCUT2D eigenvalue weighted by Crippen LogP contribution is 2.27. The highest BCUT2D eigenvalue weighted by molar-refractivity contribution is 6.31. The van der Waals surface area contributed by atoms with Gasteiger partial charge in [0.15, 0.2) is 0 Å². The van der Waals surface area contributed by atoms with Crippen molar-refractivity contribution in [3.63, 3.8) is 0 Å². The highest BCUT2D eigenvalue weighted by Gasteiger charge is 2.28. The van der Waals surface area contributed by atoms with Crippen LogP contribution in [0.2, 0.25) is 5.02 Å². The number of halogens is 1. The lowest BCUT2D eigenvalue weighted by atomic mass is 10.1. The Morgan fingerprint density at radius 3 is 2.55 bits per heavy atom. The van der Waals surface area contributed by atoms with E-state index in [1.54, 1.807) is 28.7 Å². The van der Waals surface area contributed by atoms with Gasteiger partial charge in [0.25, 0.3) is 5.56 Å². The number of ether oxygens (including phenoxy) is 1. The third kappa shape index (κ3) is 4.50. The van der Waals surface area contributed by atoms with Crippen molar-refractivity contribution in [3.05, 3.63) is 69.2 Å². The average molecular weight is 442 g/mol. The molecule has 0 fully saturated rings. The van der Waals surface area contributed by atoms with Gasteiger partial charge in [-0.05, 0) is 43.7 Å². The van der Waals surface area contributed by atoms with Gasteiger partial charge < -0.3 is 9.64 Å². The first kappa shape index (κ1) is 23.0. The largest absolute Gasteiger partial charge is 0.383 e. The summed E-state index contributed by atoms with van der Waals surface area (Å²) >= 11 is 6.37. The zero-order valence-corrected chi connectivity index (χ0v) is 19.3. The Morgan fingerprint density at radius 2 is 1.87 bits per heavy atom. The summed E-state index contributed by atoms with van der Waals surface area (Å²) in [5.74, 6) is 0.258. The molecule has 1 amide bonds. The molecule has 1 unspecified atom stereocenters. The molecule has 2 aromatic carbocycles. The van der Waals surface area contributed by atoms with Gasteiger partial charge in [-0.15, -0.1) is 0 Å². The van der Waals surface area contributed by atoms with Gasteiger partial charge in [-0.1, -0.05) is 43.6 Å². The lowest BCUT2D eigenvalue weighted by molar-refractivity contribution is -0.137. The van der Waals surface area contributed by atoms with Crippen molar-refractivity contribution in [1.29, 1.82) is 0 Å². The van der Waals surface area contributed by atoms with E-state index in [0.717, 1.165) is 5.56 Å². The van der Waals surface area contributed by atoms with E-state index in [1.807, 2.05) is 58.0 Å². The summed E-state index contributed by atoms with van der Waals surface area (Å²) in [5, 5.41) is 1.07. The van der Waals surface area contributed by atoms with Crippen molar-refractivity contribution < 1.29 is 9.53 Å². The van der Waals surface area contributed by atoms with E-state index in [2.05, 4.69) is 0 Å². The van der Waals surface area contributed by atoms with Crippen LogP contribution in [-0.4, -0.2) is 40.6 Å². The second-order valence-electron chi connectivity index (χ2n) is 7.87. The predicted octanol–water partition coefficient (Wildman–Crippen LogP) is 4.54. The molecule has 3 aromatic rings. The number of carbonyl (C=O) groups is 1.